The number of nitrogens with zero attached hydrogens (tertiary/aromatic N) is 4. The Balaban J connectivity index is 1.00. The molecule has 0 spiro atoms. The molecule has 298 valence electrons. The van der Waals surface area contributed by atoms with Crippen LogP contribution in [-0.4, -0.2) is 14.5 Å². The molecule has 11 aromatic rings. The van der Waals surface area contributed by atoms with Gasteiger partial charge in [0.25, 0.3) is 0 Å². The summed E-state index contributed by atoms with van der Waals surface area (Å²) in [6.45, 7) is 2.12. The first-order valence-corrected chi connectivity index (χ1v) is 21.4. The van der Waals surface area contributed by atoms with Crippen molar-refractivity contribution in [3.05, 3.63) is 242 Å². The first-order valence-electron chi connectivity index (χ1n) is 21.4. The van der Waals surface area contributed by atoms with Crippen LogP contribution in [0.15, 0.2) is 237 Å². The van der Waals surface area contributed by atoms with Gasteiger partial charge in [-0.15, -0.1) is 0 Å². The van der Waals surface area contributed by atoms with Crippen LogP contribution >= 0.6 is 0 Å². The van der Waals surface area contributed by atoms with Crippen molar-refractivity contribution in [1.29, 1.82) is 0 Å². The SMILES string of the molecule is Cc1cnc(-c2cccc(N(c3ccc(-n4c5ccccc5c5ccccc54)cc3)c3cccc(-c4cc(-c5ccc(-c6ccccc6)cc5)ccn4)c3)c2)cc1-c1ccccc1. The highest BCUT2D eigenvalue weighted by Crippen LogP contribution is 2.40. The van der Waals surface area contributed by atoms with E-state index in [1.54, 1.807) is 0 Å². The van der Waals surface area contributed by atoms with Crippen LogP contribution in [0.3, 0.4) is 0 Å². The van der Waals surface area contributed by atoms with E-state index in [0.717, 1.165) is 62.0 Å². The Morgan fingerprint density at radius 3 is 1.49 bits per heavy atom. The average Bonchev–Trinajstić information content (AvgIpc) is 3.70. The minimum atomic E-state index is 0.911. The maximum absolute atomic E-state index is 4.95. The van der Waals surface area contributed by atoms with E-state index in [-0.39, 0.29) is 0 Å². The maximum atomic E-state index is 4.95. The Hall–Kier alpha value is -8.34. The summed E-state index contributed by atoms with van der Waals surface area (Å²) in [5.74, 6) is 0. The first kappa shape index (κ1) is 37.6. The number of hydrogen-bond acceptors (Lipinski definition) is 3. The topological polar surface area (TPSA) is 34.0 Å². The Morgan fingerprint density at radius 1 is 0.365 bits per heavy atom. The van der Waals surface area contributed by atoms with E-state index in [1.807, 2.05) is 12.4 Å². The van der Waals surface area contributed by atoms with E-state index in [1.165, 1.54) is 44.1 Å². The summed E-state index contributed by atoms with van der Waals surface area (Å²) >= 11 is 0. The molecule has 0 bridgehead atoms. The van der Waals surface area contributed by atoms with Crippen LogP contribution < -0.4 is 4.90 Å². The molecule has 0 aliphatic rings. The van der Waals surface area contributed by atoms with Crippen LogP contribution in [0.25, 0.3) is 83.4 Å². The molecule has 0 atom stereocenters. The van der Waals surface area contributed by atoms with Crippen LogP contribution in [0, 0.1) is 6.92 Å². The Kier molecular flexibility index (Phi) is 9.72. The van der Waals surface area contributed by atoms with Crippen molar-refractivity contribution in [1.82, 2.24) is 14.5 Å². The minimum absolute atomic E-state index is 0.911. The number of aryl methyl sites for hydroxylation is 1. The van der Waals surface area contributed by atoms with Gasteiger partial charge in [-0.3, -0.25) is 9.97 Å². The Labute approximate surface area is 367 Å². The second-order valence-corrected chi connectivity index (χ2v) is 15.9. The van der Waals surface area contributed by atoms with Crippen LogP contribution in [-0.2, 0) is 0 Å². The number of hydrogen-bond donors (Lipinski definition) is 0. The zero-order chi connectivity index (χ0) is 42.1. The molecule has 0 N–H and O–H groups in total. The zero-order valence-corrected chi connectivity index (χ0v) is 34.8. The second-order valence-electron chi connectivity index (χ2n) is 15.9. The van der Waals surface area contributed by atoms with Crippen LogP contribution in [0.1, 0.15) is 5.56 Å². The molecule has 0 saturated heterocycles. The van der Waals surface area contributed by atoms with Crippen molar-refractivity contribution in [2.45, 2.75) is 6.92 Å². The number of aromatic nitrogens is 3. The maximum Gasteiger partial charge on any atom is 0.0709 e. The van der Waals surface area contributed by atoms with E-state index >= 15 is 0 Å². The molecular formula is C59H42N4. The summed E-state index contributed by atoms with van der Waals surface area (Å²) in [6.07, 6.45) is 3.90. The van der Waals surface area contributed by atoms with Gasteiger partial charge in [0, 0.05) is 57.0 Å². The lowest BCUT2D eigenvalue weighted by atomic mass is 9.99. The summed E-state index contributed by atoms with van der Waals surface area (Å²) < 4.78 is 2.36. The molecule has 0 saturated carbocycles. The molecule has 4 nitrogen and oxygen atoms in total. The summed E-state index contributed by atoms with van der Waals surface area (Å²) in [7, 11) is 0. The van der Waals surface area contributed by atoms with Crippen molar-refractivity contribution in [3.8, 4) is 61.6 Å². The summed E-state index contributed by atoms with van der Waals surface area (Å²) in [6, 6.07) is 80.0. The lowest BCUT2D eigenvalue weighted by Crippen LogP contribution is -2.10. The van der Waals surface area contributed by atoms with Gasteiger partial charge in [0.1, 0.15) is 0 Å². The van der Waals surface area contributed by atoms with Gasteiger partial charge in [0.15, 0.2) is 0 Å². The summed E-state index contributed by atoms with van der Waals surface area (Å²) in [5.41, 5.74) is 18.7. The number of benzene rings is 8. The van der Waals surface area contributed by atoms with Crippen LogP contribution in [0.5, 0.6) is 0 Å². The normalized spacial score (nSPS) is 11.3. The molecule has 0 amide bonds. The van der Waals surface area contributed by atoms with E-state index in [2.05, 4.69) is 241 Å². The van der Waals surface area contributed by atoms with Crippen molar-refractivity contribution in [3.63, 3.8) is 0 Å². The van der Waals surface area contributed by atoms with Gasteiger partial charge in [-0.05, 0) is 125 Å². The van der Waals surface area contributed by atoms with Gasteiger partial charge in [-0.25, -0.2) is 0 Å². The molecule has 0 aliphatic carbocycles. The van der Waals surface area contributed by atoms with E-state index in [9.17, 15) is 0 Å². The zero-order valence-electron chi connectivity index (χ0n) is 34.8. The third-order valence-electron chi connectivity index (χ3n) is 12.0. The van der Waals surface area contributed by atoms with E-state index in [0.29, 0.717) is 0 Å². The Morgan fingerprint density at radius 2 is 0.873 bits per heavy atom. The highest BCUT2D eigenvalue weighted by atomic mass is 15.1. The van der Waals surface area contributed by atoms with Crippen molar-refractivity contribution in [2.24, 2.45) is 0 Å². The number of pyridine rings is 2. The number of rotatable bonds is 9. The largest absolute Gasteiger partial charge is 0.310 e. The summed E-state index contributed by atoms with van der Waals surface area (Å²) in [4.78, 5) is 12.2. The smallest absolute Gasteiger partial charge is 0.0709 e. The molecule has 0 fully saturated rings. The van der Waals surface area contributed by atoms with Crippen molar-refractivity contribution in [2.75, 3.05) is 4.90 Å². The molecule has 63 heavy (non-hydrogen) atoms. The highest BCUT2D eigenvalue weighted by Gasteiger charge is 2.18. The fourth-order valence-electron chi connectivity index (χ4n) is 8.87. The number of para-hydroxylation sites is 2. The third-order valence-corrected chi connectivity index (χ3v) is 12.0. The van der Waals surface area contributed by atoms with E-state index < -0.39 is 0 Å². The fraction of sp³-hybridized carbons (Fsp3) is 0.0169. The lowest BCUT2D eigenvalue weighted by Gasteiger charge is -2.27. The highest BCUT2D eigenvalue weighted by molar-refractivity contribution is 6.09. The van der Waals surface area contributed by atoms with Crippen molar-refractivity contribution < 1.29 is 0 Å². The van der Waals surface area contributed by atoms with Crippen LogP contribution in [0.2, 0.25) is 0 Å². The monoisotopic (exact) mass is 806 g/mol. The molecule has 8 aromatic carbocycles. The fourth-order valence-corrected chi connectivity index (χ4v) is 8.87. The van der Waals surface area contributed by atoms with Gasteiger partial charge in [-0.1, -0.05) is 146 Å². The molecule has 3 aromatic heterocycles. The molecule has 4 heteroatoms. The van der Waals surface area contributed by atoms with Gasteiger partial charge in [-0.2, -0.15) is 0 Å². The van der Waals surface area contributed by atoms with E-state index in [4.69, 9.17) is 9.97 Å². The second kappa shape index (κ2) is 16.3. The molecule has 11 rings (SSSR count). The third kappa shape index (κ3) is 7.24. The molecular weight excluding hydrogens is 765 g/mol. The predicted octanol–water partition coefficient (Wildman–Crippen LogP) is 15.7. The van der Waals surface area contributed by atoms with Crippen molar-refractivity contribution >= 4 is 38.9 Å². The first-order chi connectivity index (χ1) is 31.1. The number of fused-ring (bicyclic) bond motifs is 3. The van der Waals surface area contributed by atoms with Gasteiger partial charge in [0.05, 0.1) is 22.4 Å². The van der Waals surface area contributed by atoms with Gasteiger partial charge < -0.3 is 9.47 Å². The molecule has 0 radical (unpaired) electrons. The Bertz CT molecular complexity index is 3340. The lowest BCUT2D eigenvalue weighted by molar-refractivity contribution is 1.17. The quantitative estimate of drug-likeness (QED) is 0.146. The number of anilines is 3. The van der Waals surface area contributed by atoms with Gasteiger partial charge >= 0.3 is 0 Å². The average molecular weight is 807 g/mol. The predicted molar refractivity (Wildman–Crippen MR) is 263 cm³/mol. The summed E-state index contributed by atoms with van der Waals surface area (Å²) in [5, 5.41) is 2.49. The molecule has 3 heterocycles. The molecule has 0 unspecified atom stereocenters. The standard InChI is InChI=1S/C59H42N4/c1-41-40-61-57(39-55(41)45-16-6-3-7-17-45)48-19-13-21-52(37-48)62(49-30-32-50(33-31-49)63-58-24-10-8-22-53(58)54-23-9-11-25-59(54)63)51-20-12-18-47(36-51)56-38-46(34-35-60-56)44-28-26-43(27-29-44)42-14-4-2-5-15-42/h2-40H,1H3. The minimum Gasteiger partial charge on any atom is -0.310 e. The van der Waals surface area contributed by atoms with Gasteiger partial charge in [0.2, 0.25) is 0 Å². The molecule has 0 aliphatic heterocycles. The van der Waals surface area contributed by atoms with Crippen LogP contribution in [0.4, 0.5) is 17.1 Å².